The Morgan fingerprint density at radius 3 is 2.31 bits per heavy atom. The summed E-state index contributed by atoms with van der Waals surface area (Å²) in [7, 11) is 0. The summed E-state index contributed by atoms with van der Waals surface area (Å²) in [6.07, 6.45) is 6.11. The number of aromatic nitrogens is 1. The van der Waals surface area contributed by atoms with Crippen molar-refractivity contribution in [2.75, 3.05) is 5.73 Å². The summed E-state index contributed by atoms with van der Waals surface area (Å²) in [5.41, 5.74) is 9.71. The molecule has 0 aliphatic rings. The van der Waals surface area contributed by atoms with Crippen molar-refractivity contribution < 1.29 is 32.7 Å². The van der Waals surface area contributed by atoms with Crippen molar-refractivity contribution in [1.29, 1.82) is 0 Å². The maximum atomic E-state index is 5.72. The van der Waals surface area contributed by atoms with Gasteiger partial charge in [0.2, 0.25) is 0 Å². The molecule has 2 N–H and O–H groups in total. The molecule has 2 nitrogen and oxygen atoms in total. The maximum absolute atomic E-state index is 5.72. The number of rotatable bonds is 1. The number of nitrogens with zero attached hydrogens (tertiary/aromatic N) is 1. The first kappa shape index (κ1) is 12.9. The van der Waals surface area contributed by atoms with E-state index in [1.54, 1.807) is 0 Å². The van der Waals surface area contributed by atoms with Gasteiger partial charge in [-0.05, 0) is 11.9 Å². The van der Waals surface area contributed by atoms with Gasteiger partial charge in [-0.3, -0.25) is 0 Å². The maximum Gasteiger partial charge on any atom is 0 e. The second-order valence-electron chi connectivity index (χ2n) is 2.91. The summed E-state index contributed by atoms with van der Waals surface area (Å²) in [5.74, 6) is 0. The van der Waals surface area contributed by atoms with E-state index in [1.807, 2.05) is 32.3 Å². The van der Waals surface area contributed by atoms with Gasteiger partial charge in [0, 0.05) is 32.7 Å². The van der Waals surface area contributed by atoms with Gasteiger partial charge in [0.25, 0.3) is 0 Å². The summed E-state index contributed by atoms with van der Waals surface area (Å²) in [4.78, 5) is 0. The van der Waals surface area contributed by atoms with Crippen LogP contribution in [0.4, 0.5) is 5.69 Å². The smallest absolute Gasteiger partial charge is 0 e. The van der Waals surface area contributed by atoms with Crippen molar-refractivity contribution in [2.24, 2.45) is 0 Å². The first-order valence-electron chi connectivity index (χ1n) is 3.96. The molecule has 1 heterocycles. The summed E-state index contributed by atoms with van der Waals surface area (Å²) < 4.78 is 1.94. The normalized spacial score (nSPS) is 11.2. The molecule has 0 amide bonds. The molecule has 1 rings (SSSR count). The van der Waals surface area contributed by atoms with Crippen molar-refractivity contribution >= 4 is 11.4 Å². The number of hydrogen-bond acceptors (Lipinski definition) is 1. The molecule has 0 aromatic carbocycles. The van der Waals surface area contributed by atoms with Crippen LogP contribution in [0.3, 0.4) is 0 Å². The molecule has 1 aromatic rings. The van der Waals surface area contributed by atoms with Gasteiger partial charge in [0.1, 0.15) is 0 Å². The van der Waals surface area contributed by atoms with Gasteiger partial charge in [-0.15, -0.1) is 11.3 Å². The molecule has 0 fully saturated rings. The average molecular weight is 251 g/mol. The van der Waals surface area contributed by atoms with E-state index in [1.165, 1.54) is 0 Å². The van der Waals surface area contributed by atoms with Gasteiger partial charge in [-0.2, -0.15) is 0 Å². The minimum absolute atomic E-state index is 0. The fourth-order valence-electron chi connectivity index (χ4n) is 1.10. The van der Waals surface area contributed by atoms with Crippen LogP contribution in [0, 0.1) is 26.1 Å². The van der Waals surface area contributed by atoms with E-state index in [0.717, 1.165) is 22.6 Å². The number of anilines is 1. The summed E-state index contributed by atoms with van der Waals surface area (Å²) in [6, 6.07) is 0. The van der Waals surface area contributed by atoms with Gasteiger partial charge in [-0.1, -0.05) is 20.8 Å². The minimum Gasteiger partial charge on any atom is -0.533 e. The van der Waals surface area contributed by atoms with Crippen molar-refractivity contribution in [1.82, 2.24) is 4.57 Å². The van der Waals surface area contributed by atoms with Crippen molar-refractivity contribution in [3.05, 3.63) is 23.5 Å². The standard InChI is InChI=1S/C10H14N2.Y/c1-5-7(2)12-6-10(11)8(3)9(12)4;/h11H2,1-4H3;/q-2;. The number of allylic oxidation sites excluding steroid dienone is 2. The molecule has 3 heteroatoms. The predicted octanol–water partition coefficient (Wildman–Crippen LogP) is 2.17. The molecular formula is C10H14N2Y-2. The van der Waals surface area contributed by atoms with E-state index in [0.29, 0.717) is 0 Å². The van der Waals surface area contributed by atoms with Crippen LogP contribution >= 0.6 is 0 Å². The Labute approximate surface area is 105 Å². The largest absolute Gasteiger partial charge is 0.533 e. The third kappa shape index (κ3) is 2.44. The van der Waals surface area contributed by atoms with Crippen LogP contribution < -0.4 is 5.73 Å². The van der Waals surface area contributed by atoms with Crippen molar-refractivity contribution in [3.8, 4) is 0 Å². The van der Waals surface area contributed by atoms with Crippen molar-refractivity contribution in [3.63, 3.8) is 0 Å². The molecule has 0 atom stereocenters. The van der Waals surface area contributed by atoms with Crippen LogP contribution in [0.5, 0.6) is 0 Å². The Hall–Kier alpha value is -0.0761. The average Bonchev–Trinajstić information content (AvgIpc) is 2.32. The molecule has 0 spiro atoms. The Bertz CT molecular complexity index is 324. The van der Waals surface area contributed by atoms with E-state index in [9.17, 15) is 0 Å². The van der Waals surface area contributed by atoms with Crippen LogP contribution in [-0.2, 0) is 32.7 Å². The van der Waals surface area contributed by atoms with Gasteiger partial charge < -0.3 is 16.4 Å². The molecular weight excluding hydrogens is 237 g/mol. The first-order chi connectivity index (χ1) is 5.57. The van der Waals surface area contributed by atoms with E-state index in [-0.39, 0.29) is 32.7 Å². The first-order valence-corrected chi connectivity index (χ1v) is 3.96. The Kier molecular flexibility index (Phi) is 4.94. The second kappa shape index (κ2) is 4.97. The molecule has 13 heavy (non-hydrogen) atoms. The topological polar surface area (TPSA) is 30.9 Å². The number of hydrogen-bond donors (Lipinski definition) is 1. The molecule has 0 bridgehead atoms. The van der Waals surface area contributed by atoms with Crippen LogP contribution in [0.25, 0.3) is 5.70 Å². The number of nitrogen functional groups attached to an aromatic ring is 1. The quantitative estimate of drug-likeness (QED) is 0.762. The van der Waals surface area contributed by atoms with Gasteiger partial charge in [0.15, 0.2) is 0 Å². The van der Waals surface area contributed by atoms with Gasteiger partial charge in [-0.25, -0.2) is 12.6 Å². The van der Waals surface area contributed by atoms with E-state index >= 15 is 0 Å². The molecule has 1 aromatic heterocycles. The van der Waals surface area contributed by atoms with E-state index in [4.69, 9.17) is 5.73 Å². The molecule has 0 aliphatic carbocycles. The Balaban J connectivity index is 0.00000144. The molecule has 0 unspecified atom stereocenters. The summed E-state index contributed by atoms with van der Waals surface area (Å²) in [6.45, 7) is 7.90. The minimum atomic E-state index is 0. The summed E-state index contributed by atoms with van der Waals surface area (Å²) in [5, 5.41) is 0. The molecule has 1 radical (unpaired) electrons. The van der Waals surface area contributed by atoms with Gasteiger partial charge in [0.05, 0.1) is 0 Å². The predicted molar refractivity (Wildman–Crippen MR) is 51.4 cm³/mol. The fraction of sp³-hybridized carbons (Fsp3) is 0.400. The van der Waals surface area contributed by atoms with E-state index < -0.39 is 0 Å². The van der Waals surface area contributed by atoms with Gasteiger partial charge >= 0.3 is 0 Å². The third-order valence-electron chi connectivity index (χ3n) is 2.21. The zero-order chi connectivity index (χ0) is 9.30. The van der Waals surface area contributed by atoms with Crippen LogP contribution in [-0.4, -0.2) is 4.57 Å². The number of nitrogens with two attached hydrogens (primary N) is 1. The van der Waals surface area contributed by atoms with Crippen molar-refractivity contribution in [2.45, 2.75) is 27.7 Å². The Morgan fingerprint density at radius 2 is 2.00 bits per heavy atom. The second-order valence-corrected chi connectivity index (χ2v) is 2.91. The zero-order valence-electron chi connectivity index (χ0n) is 8.60. The summed E-state index contributed by atoms with van der Waals surface area (Å²) >= 11 is 0. The van der Waals surface area contributed by atoms with Crippen LogP contribution in [0.2, 0.25) is 0 Å². The van der Waals surface area contributed by atoms with Crippen LogP contribution in [0.15, 0.2) is 0 Å². The molecule has 0 saturated heterocycles. The van der Waals surface area contributed by atoms with Crippen LogP contribution in [0.1, 0.15) is 25.1 Å². The zero-order valence-corrected chi connectivity index (χ0v) is 11.4. The monoisotopic (exact) mass is 251 g/mol. The third-order valence-corrected chi connectivity index (χ3v) is 2.21. The van der Waals surface area contributed by atoms with E-state index in [2.05, 4.69) is 12.3 Å². The SMILES string of the molecule is C[C-]=C(C)n1[c-]c(N)c(C)c1C.[Y]. The fourth-order valence-corrected chi connectivity index (χ4v) is 1.10. The molecule has 0 aliphatic heterocycles. The Morgan fingerprint density at radius 1 is 1.46 bits per heavy atom. The molecule has 69 valence electrons. The molecule has 0 saturated carbocycles.